The van der Waals surface area contributed by atoms with Crippen LogP contribution < -0.4 is 5.32 Å². The predicted octanol–water partition coefficient (Wildman–Crippen LogP) is 3.87. The SMILES string of the molecule is CCC(CNC(=O)OCC1c2ccccc2-c2ccccc21)C(=O)N1CCCC(C(=O)O)C1. The number of nitrogens with zero attached hydrogens (tertiary/aromatic N) is 1. The van der Waals surface area contributed by atoms with Crippen molar-refractivity contribution in [1.82, 2.24) is 10.2 Å². The van der Waals surface area contributed by atoms with Gasteiger partial charge < -0.3 is 20.1 Å². The van der Waals surface area contributed by atoms with Gasteiger partial charge in [0.1, 0.15) is 6.61 Å². The minimum Gasteiger partial charge on any atom is -0.481 e. The number of piperidine rings is 1. The van der Waals surface area contributed by atoms with E-state index >= 15 is 0 Å². The first kappa shape index (κ1) is 22.8. The average Bonchev–Trinajstić information content (AvgIpc) is 3.16. The number of carboxylic acids is 1. The van der Waals surface area contributed by atoms with Crippen molar-refractivity contribution in [3.05, 3.63) is 59.7 Å². The van der Waals surface area contributed by atoms with Gasteiger partial charge in [-0.2, -0.15) is 0 Å². The Morgan fingerprint density at radius 1 is 1.09 bits per heavy atom. The summed E-state index contributed by atoms with van der Waals surface area (Å²) in [5, 5.41) is 12.0. The molecule has 0 aromatic heterocycles. The number of fused-ring (bicyclic) bond motifs is 3. The van der Waals surface area contributed by atoms with E-state index in [1.807, 2.05) is 31.2 Å². The number of nitrogens with one attached hydrogen (secondary N) is 1. The molecule has 2 atom stereocenters. The summed E-state index contributed by atoms with van der Waals surface area (Å²) in [4.78, 5) is 38.3. The molecule has 7 heteroatoms. The van der Waals surface area contributed by atoms with E-state index in [0.29, 0.717) is 25.8 Å². The van der Waals surface area contributed by atoms with Crippen LogP contribution in [0.2, 0.25) is 0 Å². The van der Waals surface area contributed by atoms with Crippen LogP contribution in [0.1, 0.15) is 43.2 Å². The first-order valence-corrected chi connectivity index (χ1v) is 11.6. The van der Waals surface area contributed by atoms with E-state index in [9.17, 15) is 19.5 Å². The van der Waals surface area contributed by atoms with Crippen LogP contribution in [0.25, 0.3) is 11.1 Å². The standard InChI is InChI=1S/C26H30N2O5/c1-2-17(24(29)28-13-7-8-18(15-28)25(30)31)14-27-26(32)33-16-23-21-11-5-3-9-19(21)20-10-4-6-12-22(20)23/h3-6,9-12,17-18,23H,2,7-8,13-16H2,1H3,(H,27,32)(H,30,31). The van der Waals surface area contributed by atoms with E-state index in [1.54, 1.807) is 4.90 Å². The number of hydrogen-bond donors (Lipinski definition) is 2. The largest absolute Gasteiger partial charge is 0.481 e. The monoisotopic (exact) mass is 450 g/mol. The number of alkyl carbamates (subject to hydrolysis) is 1. The summed E-state index contributed by atoms with van der Waals surface area (Å²) < 4.78 is 5.56. The number of likely N-dealkylation sites (tertiary alicyclic amines) is 1. The number of hydrogen-bond acceptors (Lipinski definition) is 4. The lowest BCUT2D eigenvalue weighted by atomic mass is 9.96. The van der Waals surface area contributed by atoms with Gasteiger partial charge in [0.25, 0.3) is 0 Å². The van der Waals surface area contributed by atoms with Gasteiger partial charge in [-0.25, -0.2) is 4.79 Å². The van der Waals surface area contributed by atoms with Gasteiger partial charge in [0, 0.05) is 25.6 Å². The molecule has 0 spiro atoms. The zero-order valence-corrected chi connectivity index (χ0v) is 18.8. The number of benzene rings is 2. The van der Waals surface area contributed by atoms with Crippen molar-refractivity contribution < 1.29 is 24.2 Å². The Morgan fingerprint density at radius 3 is 2.33 bits per heavy atom. The summed E-state index contributed by atoms with van der Waals surface area (Å²) in [6.45, 7) is 3.07. The molecule has 1 saturated heterocycles. The summed E-state index contributed by atoms with van der Waals surface area (Å²) in [5.41, 5.74) is 4.62. The highest BCUT2D eigenvalue weighted by atomic mass is 16.5. The first-order valence-electron chi connectivity index (χ1n) is 11.6. The topological polar surface area (TPSA) is 95.9 Å². The Labute approximate surface area is 193 Å². The number of carbonyl (C=O) groups excluding carboxylic acids is 2. The maximum Gasteiger partial charge on any atom is 0.407 e. The Morgan fingerprint density at radius 2 is 1.73 bits per heavy atom. The molecule has 1 aliphatic heterocycles. The predicted molar refractivity (Wildman–Crippen MR) is 124 cm³/mol. The number of aliphatic carboxylic acids is 1. The molecule has 2 aliphatic rings. The Balaban J connectivity index is 1.32. The highest BCUT2D eigenvalue weighted by Crippen LogP contribution is 2.44. The van der Waals surface area contributed by atoms with E-state index in [4.69, 9.17) is 4.74 Å². The van der Waals surface area contributed by atoms with E-state index in [0.717, 1.165) is 11.1 Å². The van der Waals surface area contributed by atoms with Crippen molar-refractivity contribution in [3.63, 3.8) is 0 Å². The van der Waals surface area contributed by atoms with Gasteiger partial charge in [-0.15, -0.1) is 0 Å². The number of ether oxygens (including phenoxy) is 1. The van der Waals surface area contributed by atoms with Crippen molar-refractivity contribution in [2.75, 3.05) is 26.2 Å². The third-order valence-corrected chi connectivity index (χ3v) is 6.76. The molecule has 0 radical (unpaired) electrons. The molecule has 33 heavy (non-hydrogen) atoms. The van der Waals surface area contributed by atoms with Crippen LogP contribution in [-0.2, 0) is 14.3 Å². The second kappa shape index (κ2) is 10.1. The van der Waals surface area contributed by atoms with Gasteiger partial charge in [0.05, 0.1) is 11.8 Å². The van der Waals surface area contributed by atoms with Crippen LogP contribution in [0.4, 0.5) is 4.79 Å². The van der Waals surface area contributed by atoms with Gasteiger partial charge in [0.15, 0.2) is 0 Å². The normalized spacial score (nSPS) is 18.2. The number of carbonyl (C=O) groups is 3. The van der Waals surface area contributed by atoms with Gasteiger partial charge >= 0.3 is 12.1 Å². The highest BCUT2D eigenvalue weighted by molar-refractivity contribution is 5.81. The molecule has 0 saturated carbocycles. The number of rotatable bonds is 7. The maximum absolute atomic E-state index is 12.9. The van der Waals surface area contributed by atoms with E-state index in [-0.39, 0.29) is 31.5 Å². The fraction of sp³-hybridized carbons (Fsp3) is 0.423. The van der Waals surface area contributed by atoms with Gasteiger partial charge in [-0.3, -0.25) is 9.59 Å². The number of amides is 2. The molecule has 0 bridgehead atoms. The molecule has 2 unspecified atom stereocenters. The second-order valence-electron chi connectivity index (χ2n) is 8.77. The van der Waals surface area contributed by atoms with Crippen LogP contribution in [-0.4, -0.2) is 54.2 Å². The first-order chi connectivity index (χ1) is 16.0. The van der Waals surface area contributed by atoms with Crippen molar-refractivity contribution in [2.45, 2.75) is 32.1 Å². The second-order valence-corrected chi connectivity index (χ2v) is 8.77. The molecule has 2 N–H and O–H groups in total. The summed E-state index contributed by atoms with van der Waals surface area (Å²) in [7, 11) is 0. The van der Waals surface area contributed by atoms with Crippen molar-refractivity contribution in [2.24, 2.45) is 11.8 Å². The summed E-state index contributed by atoms with van der Waals surface area (Å²) >= 11 is 0. The lowest BCUT2D eigenvalue weighted by molar-refractivity contribution is -0.146. The molecule has 174 valence electrons. The zero-order valence-electron chi connectivity index (χ0n) is 18.8. The van der Waals surface area contributed by atoms with Crippen LogP contribution in [0, 0.1) is 11.8 Å². The van der Waals surface area contributed by atoms with Gasteiger partial charge in [-0.05, 0) is 41.5 Å². The molecule has 7 nitrogen and oxygen atoms in total. The van der Waals surface area contributed by atoms with Crippen LogP contribution in [0.5, 0.6) is 0 Å². The van der Waals surface area contributed by atoms with Crippen molar-refractivity contribution >= 4 is 18.0 Å². The van der Waals surface area contributed by atoms with Crippen LogP contribution in [0.15, 0.2) is 48.5 Å². The minimum absolute atomic E-state index is 0.0203. The molecule has 2 amide bonds. The Kier molecular flexibility index (Phi) is 6.96. The molecule has 1 fully saturated rings. The van der Waals surface area contributed by atoms with Gasteiger partial charge in [0.2, 0.25) is 5.91 Å². The molecular formula is C26H30N2O5. The molecule has 2 aromatic rings. The van der Waals surface area contributed by atoms with Crippen molar-refractivity contribution in [1.29, 1.82) is 0 Å². The zero-order chi connectivity index (χ0) is 23.4. The molecule has 1 heterocycles. The third kappa shape index (κ3) is 4.87. The average molecular weight is 451 g/mol. The fourth-order valence-corrected chi connectivity index (χ4v) is 4.90. The molecule has 4 rings (SSSR count). The number of carboxylic acid groups (broad SMARTS) is 1. The van der Waals surface area contributed by atoms with Crippen LogP contribution in [0.3, 0.4) is 0 Å². The lowest BCUT2D eigenvalue weighted by Gasteiger charge is -2.33. The molecular weight excluding hydrogens is 420 g/mol. The Bertz CT molecular complexity index is 991. The summed E-state index contributed by atoms with van der Waals surface area (Å²) in [5.74, 6) is -1.92. The fourth-order valence-electron chi connectivity index (χ4n) is 4.90. The Hall–Kier alpha value is -3.35. The van der Waals surface area contributed by atoms with E-state index in [2.05, 4.69) is 29.6 Å². The highest BCUT2D eigenvalue weighted by Gasteiger charge is 2.32. The molecule has 2 aromatic carbocycles. The molecule has 1 aliphatic carbocycles. The third-order valence-electron chi connectivity index (χ3n) is 6.76. The summed E-state index contributed by atoms with van der Waals surface area (Å²) in [6, 6.07) is 16.3. The van der Waals surface area contributed by atoms with E-state index < -0.39 is 23.9 Å². The lowest BCUT2D eigenvalue weighted by Crippen LogP contribution is -2.47. The van der Waals surface area contributed by atoms with Crippen molar-refractivity contribution in [3.8, 4) is 11.1 Å². The van der Waals surface area contributed by atoms with E-state index in [1.165, 1.54) is 11.1 Å². The quantitative estimate of drug-likeness (QED) is 0.668. The smallest absolute Gasteiger partial charge is 0.407 e. The summed E-state index contributed by atoms with van der Waals surface area (Å²) in [6.07, 6.45) is 1.27. The van der Waals surface area contributed by atoms with Gasteiger partial charge in [-0.1, -0.05) is 55.5 Å². The van der Waals surface area contributed by atoms with Crippen LogP contribution >= 0.6 is 0 Å². The minimum atomic E-state index is -0.864. The maximum atomic E-state index is 12.9.